The van der Waals surface area contributed by atoms with E-state index in [0.29, 0.717) is 18.7 Å². The molecule has 0 aliphatic carbocycles. The maximum absolute atomic E-state index is 14.1. The second-order valence-electron chi connectivity index (χ2n) is 13.4. The minimum Gasteiger partial charge on any atom is -0.383 e. The number of benzene rings is 1. The summed E-state index contributed by atoms with van der Waals surface area (Å²) >= 11 is 0. The summed E-state index contributed by atoms with van der Waals surface area (Å²) in [5, 5.41) is 7.12. The summed E-state index contributed by atoms with van der Waals surface area (Å²) in [5.74, 6) is 0.220. The molecule has 1 heterocycles. The molecule has 0 bridgehead atoms. The lowest BCUT2D eigenvalue weighted by Crippen LogP contribution is -2.59. The first kappa shape index (κ1) is 34.0. The highest BCUT2D eigenvalue weighted by atomic mass is 16.5. The Morgan fingerprint density at radius 3 is 2.30 bits per heavy atom. The maximum Gasteiger partial charge on any atom is 0.249 e. The molecule has 2 N–H and O–H groups in total. The number of nitrogens with one attached hydrogen (secondary N) is 2. The molecule has 4 atom stereocenters. The zero-order chi connectivity index (χ0) is 30.3. The highest BCUT2D eigenvalue weighted by Crippen LogP contribution is 2.29. The minimum absolute atomic E-state index is 0.0356. The number of hydrogen-bond donors (Lipinski definition) is 2. The Bertz CT molecular complexity index is 983. The standard InChI is InChI=1S/C33H56N4O3/c1-23(2)27(20-24(3)30(38)37-19-15-18-26(37)22-40-11)36(10)31(39)29(32(4,5)6)35-21-28(34-9)33(7,8)25-16-13-12-14-17-25/h12-14,16-17,20,23,26-29,34-35H,15,18-19,21-22H2,1-11H3/t26-,27+,28+,29+/m0/s1. The number of nitrogens with zero attached hydrogens (tertiary/aromatic N) is 2. The maximum atomic E-state index is 14.1. The van der Waals surface area contributed by atoms with Crippen LogP contribution in [0.25, 0.3) is 0 Å². The Morgan fingerprint density at radius 2 is 1.77 bits per heavy atom. The third kappa shape index (κ3) is 8.40. The molecule has 1 aliphatic heterocycles. The molecule has 0 unspecified atom stereocenters. The van der Waals surface area contributed by atoms with Gasteiger partial charge in [0.25, 0.3) is 0 Å². The lowest BCUT2D eigenvalue weighted by Gasteiger charge is -2.40. The van der Waals surface area contributed by atoms with E-state index in [1.807, 2.05) is 43.0 Å². The highest BCUT2D eigenvalue weighted by molar-refractivity contribution is 5.93. The first-order valence-corrected chi connectivity index (χ1v) is 14.9. The molecule has 7 nitrogen and oxygen atoms in total. The largest absolute Gasteiger partial charge is 0.383 e. The van der Waals surface area contributed by atoms with Gasteiger partial charge in [0.2, 0.25) is 11.8 Å². The molecule has 1 aromatic rings. The lowest BCUT2D eigenvalue weighted by molar-refractivity contribution is -0.137. The number of amides is 2. The minimum atomic E-state index is -0.393. The summed E-state index contributed by atoms with van der Waals surface area (Å²) < 4.78 is 5.35. The SMILES string of the molecule is CN[C@H](CN[C@H](C(=O)N(C)[C@H](C=C(C)C(=O)N1CCC[C@H]1COC)C(C)C)C(C)(C)C)C(C)(C)c1ccccc1. The van der Waals surface area contributed by atoms with Crippen molar-refractivity contribution < 1.29 is 14.3 Å². The summed E-state index contributed by atoms with van der Waals surface area (Å²) in [6.45, 7) is 18.8. The molecule has 0 spiro atoms. The molecule has 226 valence electrons. The average Bonchev–Trinajstić information content (AvgIpc) is 3.36. The van der Waals surface area contributed by atoms with Gasteiger partial charge in [0.15, 0.2) is 0 Å². The number of rotatable bonds is 13. The smallest absolute Gasteiger partial charge is 0.249 e. The number of methoxy groups -OCH3 is 1. The topological polar surface area (TPSA) is 73.9 Å². The second kappa shape index (κ2) is 14.6. The average molecular weight is 557 g/mol. The first-order valence-electron chi connectivity index (χ1n) is 14.9. The van der Waals surface area contributed by atoms with Crippen molar-refractivity contribution in [2.24, 2.45) is 11.3 Å². The Kier molecular flexibility index (Phi) is 12.4. The van der Waals surface area contributed by atoms with Gasteiger partial charge in [-0.1, -0.05) is 84.9 Å². The van der Waals surface area contributed by atoms with Gasteiger partial charge in [-0.25, -0.2) is 0 Å². The molecular formula is C33H56N4O3. The van der Waals surface area contributed by atoms with Gasteiger partial charge in [-0.2, -0.15) is 0 Å². The van der Waals surface area contributed by atoms with Crippen LogP contribution in [0, 0.1) is 11.3 Å². The van der Waals surface area contributed by atoms with Gasteiger partial charge < -0.3 is 25.2 Å². The van der Waals surface area contributed by atoms with Crippen molar-refractivity contribution in [2.45, 2.75) is 97.8 Å². The van der Waals surface area contributed by atoms with Crippen LogP contribution >= 0.6 is 0 Å². The Balaban J connectivity index is 2.25. The van der Waals surface area contributed by atoms with Crippen LogP contribution < -0.4 is 10.6 Å². The molecule has 0 radical (unpaired) electrons. The van der Waals surface area contributed by atoms with Crippen LogP contribution in [0.3, 0.4) is 0 Å². The van der Waals surface area contributed by atoms with Crippen molar-refractivity contribution in [1.29, 1.82) is 0 Å². The van der Waals surface area contributed by atoms with Crippen molar-refractivity contribution in [3.8, 4) is 0 Å². The fourth-order valence-corrected chi connectivity index (χ4v) is 5.91. The van der Waals surface area contributed by atoms with E-state index in [0.717, 1.165) is 19.4 Å². The van der Waals surface area contributed by atoms with E-state index in [-0.39, 0.29) is 46.7 Å². The van der Waals surface area contributed by atoms with Crippen LogP contribution in [0.2, 0.25) is 0 Å². The van der Waals surface area contributed by atoms with Crippen LogP contribution in [-0.2, 0) is 19.7 Å². The summed E-state index contributed by atoms with van der Waals surface area (Å²) in [5.41, 5.74) is 1.49. The van der Waals surface area contributed by atoms with Gasteiger partial charge in [0, 0.05) is 44.3 Å². The zero-order valence-corrected chi connectivity index (χ0v) is 27.0. The molecule has 0 aromatic heterocycles. The fourth-order valence-electron chi connectivity index (χ4n) is 5.91. The van der Waals surface area contributed by atoms with Gasteiger partial charge in [-0.05, 0) is 43.7 Å². The van der Waals surface area contributed by atoms with Crippen LogP contribution in [0.4, 0.5) is 0 Å². The van der Waals surface area contributed by atoms with Gasteiger partial charge in [0.1, 0.15) is 0 Å². The van der Waals surface area contributed by atoms with Gasteiger partial charge >= 0.3 is 0 Å². The monoisotopic (exact) mass is 556 g/mol. The zero-order valence-electron chi connectivity index (χ0n) is 27.0. The summed E-state index contributed by atoms with van der Waals surface area (Å²) in [7, 11) is 5.53. The van der Waals surface area contributed by atoms with Gasteiger partial charge in [-0.3, -0.25) is 9.59 Å². The normalized spacial score (nSPS) is 19.1. The molecule has 0 saturated carbocycles. The molecule has 1 saturated heterocycles. The Labute approximate surface area is 244 Å². The summed E-state index contributed by atoms with van der Waals surface area (Å²) in [6.07, 6.45) is 3.95. The predicted molar refractivity (Wildman–Crippen MR) is 165 cm³/mol. The molecule has 1 aliphatic rings. The number of hydrogen-bond acceptors (Lipinski definition) is 5. The van der Waals surface area contributed by atoms with E-state index >= 15 is 0 Å². The fraction of sp³-hybridized carbons (Fsp3) is 0.697. The van der Waals surface area contributed by atoms with E-state index in [9.17, 15) is 9.59 Å². The number of ether oxygens (including phenoxy) is 1. The van der Waals surface area contributed by atoms with Crippen LogP contribution in [0.5, 0.6) is 0 Å². The van der Waals surface area contributed by atoms with Crippen molar-refractivity contribution in [2.75, 3.05) is 40.9 Å². The van der Waals surface area contributed by atoms with E-state index < -0.39 is 6.04 Å². The molecule has 1 fully saturated rings. The summed E-state index contributed by atoms with van der Waals surface area (Å²) in [6, 6.07) is 10.1. The third-order valence-corrected chi connectivity index (χ3v) is 8.61. The molecule has 40 heavy (non-hydrogen) atoms. The van der Waals surface area contributed by atoms with Crippen molar-refractivity contribution in [3.63, 3.8) is 0 Å². The molecule has 2 amide bonds. The number of carbonyl (C=O) groups is 2. The lowest BCUT2D eigenvalue weighted by atomic mass is 9.77. The number of likely N-dealkylation sites (N-methyl/N-ethyl adjacent to an activating group) is 2. The summed E-state index contributed by atoms with van der Waals surface area (Å²) in [4.78, 5) is 31.2. The van der Waals surface area contributed by atoms with E-state index in [2.05, 4.69) is 83.4 Å². The van der Waals surface area contributed by atoms with Crippen LogP contribution in [-0.4, -0.2) is 86.7 Å². The van der Waals surface area contributed by atoms with Gasteiger partial charge in [0.05, 0.1) is 24.7 Å². The first-order chi connectivity index (χ1) is 18.7. The predicted octanol–water partition coefficient (Wildman–Crippen LogP) is 4.62. The van der Waals surface area contributed by atoms with E-state index in [4.69, 9.17) is 4.74 Å². The number of carbonyl (C=O) groups excluding carboxylic acids is 2. The second-order valence-corrected chi connectivity index (χ2v) is 13.4. The molecule has 7 heteroatoms. The van der Waals surface area contributed by atoms with Crippen molar-refractivity contribution >= 4 is 11.8 Å². The number of likely N-dealkylation sites (tertiary alicyclic amines) is 1. The third-order valence-electron chi connectivity index (χ3n) is 8.61. The quantitative estimate of drug-likeness (QED) is 0.347. The van der Waals surface area contributed by atoms with Crippen molar-refractivity contribution in [3.05, 3.63) is 47.5 Å². The molecular weight excluding hydrogens is 500 g/mol. The van der Waals surface area contributed by atoms with Crippen LogP contribution in [0.15, 0.2) is 42.0 Å². The highest BCUT2D eigenvalue weighted by Gasteiger charge is 2.38. The van der Waals surface area contributed by atoms with E-state index in [1.165, 1.54) is 5.56 Å². The van der Waals surface area contributed by atoms with Gasteiger partial charge in [-0.15, -0.1) is 0 Å². The Morgan fingerprint density at radius 1 is 1.15 bits per heavy atom. The molecule has 1 aromatic carbocycles. The van der Waals surface area contributed by atoms with Crippen LogP contribution in [0.1, 0.15) is 73.8 Å². The Hall–Kier alpha value is -2.22. The molecule has 2 rings (SSSR count). The van der Waals surface area contributed by atoms with E-state index in [1.54, 1.807) is 7.11 Å². The van der Waals surface area contributed by atoms with Crippen molar-refractivity contribution in [1.82, 2.24) is 20.4 Å².